The van der Waals surface area contributed by atoms with Crippen LogP contribution in [0.1, 0.15) is 39.5 Å². The molecule has 0 aliphatic heterocycles. The Morgan fingerprint density at radius 2 is 2.27 bits per heavy atom. The summed E-state index contributed by atoms with van der Waals surface area (Å²) in [4.78, 5) is 0. The summed E-state index contributed by atoms with van der Waals surface area (Å²) in [6.45, 7) is 4.15. The Morgan fingerprint density at radius 3 is 2.82 bits per heavy atom. The van der Waals surface area contributed by atoms with Crippen LogP contribution in [-0.2, 0) is 0 Å². The second kappa shape index (κ2) is 3.81. The van der Waals surface area contributed by atoms with Crippen LogP contribution in [0.15, 0.2) is 0 Å². The molecule has 0 aromatic heterocycles. The zero-order valence-corrected chi connectivity index (χ0v) is 8.28. The van der Waals surface area contributed by atoms with Crippen molar-refractivity contribution in [2.75, 3.05) is 5.75 Å². The van der Waals surface area contributed by atoms with Crippen LogP contribution in [0, 0.1) is 0 Å². The molecule has 2 heteroatoms. The van der Waals surface area contributed by atoms with Crippen LogP contribution in [0.2, 0.25) is 0 Å². The summed E-state index contributed by atoms with van der Waals surface area (Å²) in [6, 6.07) is 0. The van der Waals surface area contributed by atoms with Crippen molar-refractivity contribution in [3.63, 3.8) is 0 Å². The van der Waals surface area contributed by atoms with Crippen molar-refractivity contribution in [1.29, 1.82) is 0 Å². The van der Waals surface area contributed by atoms with Crippen molar-refractivity contribution in [2.45, 2.75) is 50.4 Å². The van der Waals surface area contributed by atoms with Gasteiger partial charge in [0.2, 0.25) is 0 Å². The number of rotatable bonds is 2. The highest BCUT2D eigenvalue weighted by atomic mass is 32.2. The molecule has 1 nitrogen and oxygen atoms in total. The molecule has 2 atom stereocenters. The third kappa shape index (κ3) is 2.38. The van der Waals surface area contributed by atoms with Gasteiger partial charge in [0.25, 0.3) is 0 Å². The lowest BCUT2D eigenvalue weighted by molar-refractivity contribution is 0.0292. The molecule has 1 fully saturated rings. The van der Waals surface area contributed by atoms with Gasteiger partial charge in [0, 0.05) is 5.25 Å². The van der Waals surface area contributed by atoms with E-state index in [1.807, 2.05) is 18.7 Å². The third-order valence-electron chi connectivity index (χ3n) is 2.46. The fourth-order valence-corrected chi connectivity index (χ4v) is 2.96. The molecule has 1 aliphatic carbocycles. The van der Waals surface area contributed by atoms with E-state index in [0.29, 0.717) is 5.25 Å². The zero-order valence-electron chi connectivity index (χ0n) is 7.47. The van der Waals surface area contributed by atoms with E-state index in [0.717, 1.165) is 12.2 Å². The monoisotopic (exact) mass is 174 g/mol. The maximum absolute atomic E-state index is 9.94. The lowest BCUT2D eigenvalue weighted by atomic mass is 9.86. The van der Waals surface area contributed by atoms with E-state index < -0.39 is 0 Å². The number of hydrogen-bond acceptors (Lipinski definition) is 2. The van der Waals surface area contributed by atoms with Crippen molar-refractivity contribution in [3.05, 3.63) is 0 Å². The summed E-state index contributed by atoms with van der Waals surface area (Å²) in [5, 5.41) is 10.4. The number of thioether (sulfide) groups is 1. The highest BCUT2D eigenvalue weighted by Crippen LogP contribution is 2.35. The average molecular weight is 174 g/mol. The van der Waals surface area contributed by atoms with Gasteiger partial charge in [-0.05, 0) is 25.5 Å². The fraction of sp³-hybridized carbons (Fsp3) is 1.00. The van der Waals surface area contributed by atoms with Crippen LogP contribution >= 0.6 is 11.8 Å². The first-order valence-electron chi connectivity index (χ1n) is 4.51. The van der Waals surface area contributed by atoms with Crippen molar-refractivity contribution in [1.82, 2.24) is 0 Å². The van der Waals surface area contributed by atoms with Crippen LogP contribution in [0.4, 0.5) is 0 Å². The van der Waals surface area contributed by atoms with Crippen molar-refractivity contribution in [2.24, 2.45) is 0 Å². The second-order valence-electron chi connectivity index (χ2n) is 3.55. The van der Waals surface area contributed by atoms with E-state index in [9.17, 15) is 5.11 Å². The van der Waals surface area contributed by atoms with Gasteiger partial charge >= 0.3 is 0 Å². The molecule has 11 heavy (non-hydrogen) atoms. The summed E-state index contributed by atoms with van der Waals surface area (Å²) >= 11 is 1.91. The van der Waals surface area contributed by atoms with Gasteiger partial charge in [0.1, 0.15) is 0 Å². The third-order valence-corrected chi connectivity index (χ3v) is 3.94. The van der Waals surface area contributed by atoms with Gasteiger partial charge in [-0.3, -0.25) is 0 Å². The molecule has 1 saturated carbocycles. The van der Waals surface area contributed by atoms with Crippen LogP contribution in [0.5, 0.6) is 0 Å². The Kier molecular flexibility index (Phi) is 3.26. The van der Waals surface area contributed by atoms with Gasteiger partial charge in [-0.25, -0.2) is 0 Å². The van der Waals surface area contributed by atoms with E-state index in [4.69, 9.17) is 0 Å². The van der Waals surface area contributed by atoms with E-state index in [2.05, 4.69) is 6.92 Å². The highest BCUT2D eigenvalue weighted by molar-refractivity contribution is 7.99. The van der Waals surface area contributed by atoms with E-state index in [1.54, 1.807) is 0 Å². The maximum atomic E-state index is 9.94. The number of aliphatic hydroxyl groups is 1. The Hall–Kier alpha value is 0.310. The molecule has 0 radical (unpaired) electrons. The van der Waals surface area contributed by atoms with Gasteiger partial charge in [0.15, 0.2) is 0 Å². The first kappa shape index (κ1) is 9.40. The lowest BCUT2D eigenvalue weighted by Crippen LogP contribution is -2.39. The van der Waals surface area contributed by atoms with Crippen molar-refractivity contribution in [3.8, 4) is 0 Å². The van der Waals surface area contributed by atoms with Crippen molar-refractivity contribution < 1.29 is 5.11 Å². The fourth-order valence-electron chi connectivity index (χ4n) is 1.75. The molecular formula is C9H18OS. The predicted octanol–water partition coefficient (Wildman–Crippen LogP) is 2.43. The van der Waals surface area contributed by atoms with E-state index in [-0.39, 0.29) is 5.60 Å². The minimum Gasteiger partial charge on any atom is -0.389 e. The molecule has 0 bridgehead atoms. The smallest absolute Gasteiger partial charge is 0.0737 e. The van der Waals surface area contributed by atoms with E-state index >= 15 is 0 Å². The normalized spacial score (nSPS) is 39.0. The highest BCUT2D eigenvalue weighted by Gasteiger charge is 2.33. The standard InChI is InChI=1S/C9H18OS/c1-3-11-8-6-4-5-7-9(8,2)10/h8,10H,3-7H2,1-2H3. The average Bonchev–Trinajstić information content (AvgIpc) is 1.94. The molecule has 2 unspecified atom stereocenters. The van der Waals surface area contributed by atoms with Gasteiger partial charge in [-0.15, -0.1) is 0 Å². The molecular weight excluding hydrogens is 156 g/mol. The quantitative estimate of drug-likeness (QED) is 0.694. The second-order valence-corrected chi connectivity index (χ2v) is 5.03. The first-order chi connectivity index (χ1) is 5.17. The molecule has 0 aromatic carbocycles. The molecule has 0 heterocycles. The molecule has 0 spiro atoms. The SMILES string of the molecule is CCSC1CCCCC1(C)O. The van der Waals surface area contributed by atoms with E-state index in [1.165, 1.54) is 19.3 Å². The molecule has 1 rings (SSSR count). The minimum atomic E-state index is -0.390. The van der Waals surface area contributed by atoms with Crippen molar-refractivity contribution >= 4 is 11.8 Å². The van der Waals surface area contributed by atoms with Crippen LogP contribution in [0.3, 0.4) is 0 Å². The van der Waals surface area contributed by atoms with Gasteiger partial charge in [-0.2, -0.15) is 11.8 Å². The summed E-state index contributed by atoms with van der Waals surface area (Å²) in [7, 11) is 0. The molecule has 0 aromatic rings. The predicted molar refractivity (Wildman–Crippen MR) is 51.0 cm³/mol. The molecule has 66 valence electrons. The Bertz CT molecular complexity index is 121. The Labute approximate surface area is 73.6 Å². The molecule has 1 N–H and O–H groups in total. The van der Waals surface area contributed by atoms with Crippen LogP contribution < -0.4 is 0 Å². The first-order valence-corrected chi connectivity index (χ1v) is 5.55. The summed E-state index contributed by atoms with van der Waals surface area (Å²) in [5.41, 5.74) is -0.390. The summed E-state index contributed by atoms with van der Waals surface area (Å²) in [6.07, 6.45) is 4.69. The minimum absolute atomic E-state index is 0.390. The Balaban J connectivity index is 2.45. The maximum Gasteiger partial charge on any atom is 0.0737 e. The van der Waals surface area contributed by atoms with Gasteiger partial charge < -0.3 is 5.11 Å². The van der Waals surface area contributed by atoms with Crippen LogP contribution in [-0.4, -0.2) is 21.7 Å². The summed E-state index contributed by atoms with van der Waals surface area (Å²) in [5.74, 6) is 1.13. The Morgan fingerprint density at radius 1 is 1.55 bits per heavy atom. The van der Waals surface area contributed by atoms with Gasteiger partial charge in [0.05, 0.1) is 5.60 Å². The summed E-state index contributed by atoms with van der Waals surface area (Å²) < 4.78 is 0. The topological polar surface area (TPSA) is 20.2 Å². The number of hydrogen-bond donors (Lipinski definition) is 1. The van der Waals surface area contributed by atoms with Gasteiger partial charge in [-0.1, -0.05) is 19.8 Å². The molecule has 1 aliphatic rings. The molecule has 0 saturated heterocycles. The lowest BCUT2D eigenvalue weighted by Gasteiger charge is -2.36. The largest absolute Gasteiger partial charge is 0.389 e. The van der Waals surface area contributed by atoms with Crippen LogP contribution in [0.25, 0.3) is 0 Å². The molecule has 0 amide bonds. The zero-order chi connectivity index (χ0) is 8.32.